The van der Waals surface area contributed by atoms with Crippen molar-refractivity contribution in [1.82, 2.24) is 19.7 Å². The predicted molar refractivity (Wildman–Crippen MR) is 130 cm³/mol. The summed E-state index contributed by atoms with van der Waals surface area (Å²) in [5.74, 6) is -0.357. The smallest absolute Gasteiger partial charge is 0.261 e. The van der Waals surface area contributed by atoms with Gasteiger partial charge >= 0.3 is 0 Å². The van der Waals surface area contributed by atoms with Gasteiger partial charge in [0.2, 0.25) is 16.9 Å². The number of carbonyl (C=O) groups excluding carboxylic acids is 2. The molecule has 0 aliphatic heterocycles. The van der Waals surface area contributed by atoms with Crippen LogP contribution in [0, 0.1) is 0 Å². The maximum Gasteiger partial charge on any atom is 0.261 e. The molecule has 4 rings (SSSR count). The lowest BCUT2D eigenvalue weighted by molar-refractivity contribution is -0.116. The number of fused-ring (bicyclic) bond motifs is 1. The summed E-state index contributed by atoms with van der Waals surface area (Å²) in [7, 11) is 0. The molecule has 168 valence electrons. The van der Waals surface area contributed by atoms with Crippen molar-refractivity contribution in [3.8, 4) is 0 Å². The number of amides is 2. The van der Waals surface area contributed by atoms with Crippen LogP contribution in [0.5, 0.6) is 0 Å². The van der Waals surface area contributed by atoms with E-state index in [1.54, 1.807) is 42.5 Å². The Labute approximate surface area is 201 Å². The lowest BCUT2D eigenvalue weighted by Crippen LogP contribution is -2.23. The number of hydrogen-bond acceptors (Lipinski definition) is 8. The highest BCUT2D eigenvalue weighted by Gasteiger charge is 2.12. The van der Waals surface area contributed by atoms with Gasteiger partial charge in [0, 0.05) is 23.7 Å². The van der Waals surface area contributed by atoms with Crippen LogP contribution in [-0.2, 0) is 16.1 Å². The molecule has 9 nitrogen and oxygen atoms in total. The lowest BCUT2D eigenvalue weighted by atomic mass is 10.2. The van der Waals surface area contributed by atoms with Gasteiger partial charge in [-0.2, -0.15) is 0 Å². The van der Waals surface area contributed by atoms with E-state index in [4.69, 9.17) is 11.6 Å². The minimum atomic E-state index is -0.303. The Morgan fingerprint density at radius 3 is 2.64 bits per heavy atom. The van der Waals surface area contributed by atoms with Gasteiger partial charge in [0.05, 0.1) is 23.0 Å². The summed E-state index contributed by atoms with van der Waals surface area (Å²) in [6.45, 7) is 0.188. The van der Waals surface area contributed by atoms with Crippen LogP contribution in [0.15, 0.2) is 64.0 Å². The van der Waals surface area contributed by atoms with Crippen molar-refractivity contribution in [2.75, 3.05) is 16.4 Å². The molecule has 0 unspecified atom stereocenters. The fraction of sp³-hybridized carbons (Fsp3) is 0.143. The van der Waals surface area contributed by atoms with Crippen LogP contribution in [0.4, 0.5) is 10.8 Å². The summed E-state index contributed by atoms with van der Waals surface area (Å²) in [6.07, 6.45) is 1.51. The third kappa shape index (κ3) is 6.15. The quantitative estimate of drug-likeness (QED) is 0.280. The van der Waals surface area contributed by atoms with E-state index in [-0.39, 0.29) is 36.1 Å². The van der Waals surface area contributed by atoms with Gasteiger partial charge in [0.25, 0.3) is 5.56 Å². The molecule has 0 aliphatic rings. The molecule has 0 atom stereocenters. The van der Waals surface area contributed by atoms with Gasteiger partial charge in [-0.05, 0) is 36.4 Å². The number of nitrogens with zero attached hydrogens (tertiary/aromatic N) is 4. The van der Waals surface area contributed by atoms with Gasteiger partial charge in [-0.15, -0.1) is 10.2 Å². The van der Waals surface area contributed by atoms with Crippen LogP contribution in [-0.4, -0.2) is 37.3 Å². The first-order chi connectivity index (χ1) is 16.0. The van der Waals surface area contributed by atoms with Gasteiger partial charge in [0.1, 0.15) is 0 Å². The monoisotopic (exact) mass is 500 g/mol. The second kappa shape index (κ2) is 10.6. The molecule has 0 fully saturated rings. The maximum absolute atomic E-state index is 12.5. The van der Waals surface area contributed by atoms with Crippen LogP contribution in [0.25, 0.3) is 10.9 Å². The SMILES string of the molecule is O=C(CSc1nnc(NC(=O)CCn2cnc3ccccc3c2=O)s1)Nc1ccc(Cl)cc1. The van der Waals surface area contributed by atoms with Crippen molar-refractivity contribution >= 4 is 68.2 Å². The Bertz CT molecular complexity index is 1360. The highest BCUT2D eigenvalue weighted by Crippen LogP contribution is 2.25. The Hall–Kier alpha value is -3.28. The number of carbonyl (C=O) groups is 2. The summed E-state index contributed by atoms with van der Waals surface area (Å²) < 4.78 is 1.95. The van der Waals surface area contributed by atoms with E-state index in [0.29, 0.717) is 31.1 Å². The third-order valence-corrected chi connectivity index (χ3v) is 6.64. The molecule has 2 aromatic heterocycles. The van der Waals surface area contributed by atoms with Crippen LogP contribution in [0.3, 0.4) is 0 Å². The molecule has 4 aromatic rings. The highest BCUT2D eigenvalue weighted by atomic mass is 35.5. The molecule has 2 heterocycles. The van der Waals surface area contributed by atoms with Crippen molar-refractivity contribution < 1.29 is 9.59 Å². The standard InChI is InChI=1S/C21H17ClN6O3S2/c22-13-5-7-14(8-6-13)24-18(30)11-32-21-27-26-20(33-21)25-17(29)9-10-28-12-23-16-4-2-1-3-15(16)19(28)31/h1-8,12H,9-11H2,(H,24,30)(H,25,26,29). The van der Waals surface area contributed by atoms with Crippen LogP contribution in [0.1, 0.15) is 6.42 Å². The number of anilines is 2. The summed E-state index contributed by atoms with van der Waals surface area (Å²) in [4.78, 5) is 41.1. The largest absolute Gasteiger partial charge is 0.325 e. The van der Waals surface area contributed by atoms with Gasteiger partial charge in [-0.3, -0.25) is 19.0 Å². The third-order valence-electron chi connectivity index (χ3n) is 4.42. The number of aryl methyl sites for hydroxylation is 1. The van der Waals surface area contributed by atoms with E-state index >= 15 is 0 Å². The summed E-state index contributed by atoms with van der Waals surface area (Å²) in [6, 6.07) is 13.9. The lowest BCUT2D eigenvalue weighted by Gasteiger charge is -2.06. The average Bonchev–Trinajstić information content (AvgIpc) is 3.26. The number of benzene rings is 2. The molecule has 2 N–H and O–H groups in total. The molecule has 0 saturated carbocycles. The Morgan fingerprint density at radius 1 is 1.03 bits per heavy atom. The molecular weight excluding hydrogens is 484 g/mol. The number of nitrogens with one attached hydrogen (secondary N) is 2. The molecule has 2 amide bonds. The molecule has 12 heteroatoms. The van der Waals surface area contributed by atoms with E-state index < -0.39 is 0 Å². The summed E-state index contributed by atoms with van der Waals surface area (Å²) in [5, 5.41) is 14.8. The molecule has 0 saturated heterocycles. The fourth-order valence-electron chi connectivity index (χ4n) is 2.85. The Balaban J connectivity index is 1.25. The highest BCUT2D eigenvalue weighted by molar-refractivity contribution is 8.01. The number of hydrogen-bond donors (Lipinski definition) is 2. The zero-order chi connectivity index (χ0) is 23.2. The van der Waals surface area contributed by atoms with Gasteiger partial charge in [-0.1, -0.05) is 46.8 Å². The Morgan fingerprint density at radius 2 is 1.82 bits per heavy atom. The fourth-order valence-corrected chi connectivity index (χ4v) is 4.54. The van der Waals surface area contributed by atoms with E-state index in [2.05, 4.69) is 25.8 Å². The minimum absolute atomic E-state index is 0.0749. The molecule has 0 radical (unpaired) electrons. The second-order valence-electron chi connectivity index (χ2n) is 6.78. The molecule has 0 bridgehead atoms. The molecule has 33 heavy (non-hydrogen) atoms. The van der Waals surface area contributed by atoms with Crippen molar-refractivity contribution in [3.63, 3.8) is 0 Å². The summed E-state index contributed by atoms with van der Waals surface area (Å²) >= 11 is 8.21. The number of para-hydroxylation sites is 1. The van der Waals surface area contributed by atoms with E-state index in [1.807, 2.05) is 6.07 Å². The topological polar surface area (TPSA) is 119 Å². The average molecular weight is 501 g/mol. The number of thioether (sulfide) groups is 1. The first-order valence-corrected chi connectivity index (χ1v) is 11.9. The summed E-state index contributed by atoms with van der Waals surface area (Å²) in [5.41, 5.74) is 1.07. The van der Waals surface area contributed by atoms with Gasteiger partial charge in [-0.25, -0.2) is 4.98 Å². The van der Waals surface area contributed by atoms with Crippen molar-refractivity contribution in [3.05, 3.63) is 70.2 Å². The zero-order valence-corrected chi connectivity index (χ0v) is 19.4. The molecule has 0 aliphatic carbocycles. The maximum atomic E-state index is 12.5. The first kappa shape index (κ1) is 22.9. The van der Waals surface area contributed by atoms with Gasteiger partial charge < -0.3 is 10.6 Å². The number of rotatable bonds is 8. The minimum Gasteiger partial charge on any atom is -0.325 e. The Kier molecular flexibility index (Phi) is 7.33. The van der Waals surface area contributed by atoms with Crippen LogP contribution < -0.4 is 16.2 Å². The van der Waals surface area contributed by atoms with Crippen LogP contribution >= 0.6 is 34.7 Å². The van der Waals surface area contributed by atoms with Crippen molar-refractivity contribution in [2.45, 2.75) is 17.3 Å². The first-order valence-electron chi connectivity index (χ1n) is 9.74. The van der Waals surface area contributed by atoms with E-state index in [1.165, 1.54) is 34.0 Å². The number of aromatic nitrogens is 4. The molecule has 0 spiro atoms. The van der Waals surface area contributed by atoms with Gasteiger partial charge in [0.15, 0.2) is 4.34 Å². The second-order valence-corrected chi connectivity index (χ2v) is 9.41. The number of halogens is 1. The molecule has 2 aromatic carbocycles. The van der Waals surface area contributed by atoms with Crippen molar-refractivity contribution in [2.24, 2.45) is 0 Å². The van der Waals surface area contributed by atoms with Crippen molar-refractivity contribution in [1.29, 1.82) is 0 Å². The van der Waals surface area contributed by atoms with Crippen LogP contribution in [0.2, 0.25) is 5.02 Å². The normalized spacial score (nSPS) is 10.8. The predicted octanol–water partition coefficient (Wildman–Crippen LogP) is 3.66. The van der Waals surface area contributed by atoms with E-state index in [9.17, 15) is 14.4 Å². The zero-order valence-electron chi connectivity index (χ0n) is 17.0. The van der Waals surface area contributed by atoms with E-state index in [0.717, 1.165) is 0 Å². The molecular formula is C21H17ClN6O3S2.